The van der Waals surface area contributed by atoms with Crippen LogP contribution in [0.5, 0.6) is 0 Å². The number of nitrogens with one attached hydrogen (secondary N) is 1. The first-order valence-corrected chi connectivity index (χ1v) is 27.5. The van der Waals surface area contributed by atoms with Crippen molar-refractivity contribution in [2.24, 2.45) is 62.6 Å². The van der Waals surface area contributed by atoms with E-state index in [2.05, 4.69) is 60.7 Å². The fourth-order valence-electron chi connectivity index (χ4n) is 16.8. The first kappa shape index (κ1) is 53.8. The molecule has 13 atom stereocenters. The topological polar surface area (TPSA) is 108 Å². The average molecular weight is 910 g/mol. The Hall–Kier alpha value is -2.12. The second-order valence-corrected chi connectivity index (χ2v) is 24.5. The van der Waals surface area contributed by atoms with E-state index in [0.29, 0.717) is 57.7 Å². The lowest BCUT2D eigenvalue weighted by Crippen LogP contribution is -2.65. The Bertz CT molecular complexity index is 1560. The van der Waals surface area contributed by atoms with Gasteiger partial charge in [-0.15, -0.1) is 0 Å². The highest BCUT2D eigenvalue weighted by Crippen LogP contribution is 2.78. The first-order valence-electron chi connectivity index (χ1n) is 27.5. The quantitative estimate of drug-likeness (QED) is 0.0552. The van der Waals surface area contributed by atoms with Crippen molar-refractivity contribution >= 4 is 23.8 Å². The minimum absolute atomic E-state index is 0.0251. The Kier molecular flexibility index (Phi) is 19.4. The number of carbonyl (C=O) groups excluding carboxylic acids is 4. The predicted octanol–water partition coefficient (Wildman–Crippen LogP) is 14.3. The van der Waals surface area contributed by atoms with E-state index in [9.17, 15) is 19.2 Å². The highest BCUT2D eigenvalue weighted by atomic mass is 16.6. The molecule has 5 aliphatic carbocycles. The van der Waals surface area contributed by atoms with Gasteiger partial charge in [0.25, 0.3) is 0 Å². The van der Waals surface area contributed by atoms with Crippen molar-refractivity contribution < 1.29 is 33.4 Å². The highest BCUT2D eigenvalue weighted by Gasteiger charge is 2.70. The second kappa shape index (κ2) is 23.5. The number of fused-ring (bicyclic) bond motifs is 7. The van der Waals surface area contributed by atoms with Crippen LogP contribution in [0, 0.1) is 62.6 Å². The van der Waals surface area contributed by atoms with Crippen LogP contribution in [0.3, 0.4) is 0 Å². The van der Waals surface area contributed by atoms with Gasteiger partial charge in [-0.2, -0.15) is 0 Å². The van der Waals surface area contributed by atoms with Gasteiger partial charge in [-0.05, 0) is 146 Å². The van der Waals surface area contributed by atoms with Gasteiger partial charge in [-0.3, -0.25) is 19.2 Å². The van der Waals surface area contributed by atoms with Crippen molar-refractivity contribution in [2.75, 3.05) is 6.54 Å². The zero-order chi connectivity index (χ0) is 47.6. The lowest BCUT2D eigenvalue weighted by molar-refractivity contribution is -0.241. The molecule has 1 amide bonds. The summed E-state index contributed by atoms with van der Waals surface area (Å²) in [6.45, 7) is 24.6. The Balaban J connectivity index is 1.16. The molecule has 0 aliphatic heterocycles. The van der Waals surface area contributed by atoms with E-state index in [-0.39, 0.29) is 12.5 Å². The molecule has 5 rings (SSSR count). The predicted molar refractivity (Wildman–Crippen MR) is 263 cm³/mol. The molecule has 5 fully saturated rings. The summed E-state index contributed by atoms with van der Waals surface area (Å²) >= 11 is 0. The molecule has 1 N–H and O–H groups in total. The zero-order valence-corrected chi connectivity index (χ0v) is 43.9. The van der Waals surface area contributed by atoms with Crippen LogP contribution in [0.25, 0.3) is 0 Å². The molecule has 5 saturated carbocycles. The third-order valence-corrected chi connectivity index (χ3v) is 20.1. The van der Waals surface area contributed by atoms with E-state index >= 15 is 0 Å². The number of rotatable bonds is 25. The Morgan fingerprint density at radius 1 is 0.554 bits per heavy atom. The van der Waals surface area contributed by atoms with Crippen LogP contribution in [-0.2, 0) is 33.4 Å². The summed E-state index contributed by atoms with van der Waals surface area (Å²) in [5.74, 6) is 2.28. The number of esters is 3. The zero-order valence-electron chi connectivity index (χ0n) is 43.9. The van der Waals surface area contributed by atoms with Gasteiger partial charge < -0.3 is 19.5 Å². The van der Waals surface area contributed by atoms with E-state index < -0.39 is 36.2 Å². The minimum atomic E-state index is -1.05. The Morgan fingerprint density at radius 2 is 1.08 bits per heavy atom. The molecule has 8 heteroatoms. The number of amides is 1. The normalized spacial score (nSPS) is 34.4. The third-order valence-electron chi connectivity index (χ3n) is 20.1. The molecule has 0 aromatic rings. The van der Waals surface area contributed by atoms with E-state index in [1.54, 1.807) is 0 Å². The van der Waals surface area contributed by atoms with E-state index in [1.807, 2.05) is 0 Å². The van der Waals surface area contributed by atoms with E-state index in [1.165, 1.54) is 156 Å². The fraction of sp³-hybridized carbons (Fsp3) is 0.930. The second-order valence-electron chi connectivity index (χ2n) is 24.5. The molecule has 5 aliphatic rings. The van der Waals surface area contributed by atoms with Crippen molar-refractivity contribution in [3.05, 3.63) is 0 Å². The Labute approximate surface area is 398 Å². The molecular formula is C57H99NO7. The van der Waals surface area contributed by atoms with Crippen LogP contribution in [0.1, 0.15) is 250 Å². The van der Waals surface area contributed by atoms with Gasteiger partial charge in [0.2, 0.25) is 5.91 Å². The van der Waals surface area contributed by atoms with Crippen molar-refractivity contribution in [2.45, 2.75) is 268 Å². The molecule has 0 radical (unpaired) electrons. The summed E-state index contributed by atoms with van der Waals surface area (Å²) in [5.41, 5.74) is 1.92. The van der Waals surface area contributed by atoms with Gasteiger partial charge in [-0.1, -0.05) is 139 Å². The number of unbranched alkanes of at least 4 members (excludes halogenated alkanes) is 12. The molecule has 1 unspecified atom stereocenters. The lowest BCUT2D eigenvalue weighted by atomic mass is 9.32. The number of carbonyl (C=O) groups is 4. The summed E-state index contributed by atoms with van der Waals surface area (Å²) in [6, 6.07) is 0. The van der Waals surface area contributed by atoms with Crippen LogP contribution in [0.15, 0.2) is 0 Å². The first-order chi connectivity index (χ1) is 30.7. The van der Waals surface area contributed by atoms with Crippen LogP contribution < -0.4 is 5.32 Å². The summed E-state index contributed by atoms with van der Waals surface area (Å²) < 4.78 is 17.6. The molecule has 0 saturated heterocycles. The molecule has 0 spiro atoms. The maximum atomic E-state index is 13.1. The molecule has 0 bridgehead atoms. The number of ether oxygens (including phenoxy) is 3. The van der Waals surface area contributed by atoms with Gasteiger partial charge in [0.05, 0.1) is 6.54 Å². The van der Waals surface area contributed by atoms with Crippen molar-refractivity contribution in [3.8, 4) is 0 Å². The van der Waals surface area contributed by atoms with Gasteiger partial charge in [0, 0.05) is 27.2 Å². The molecular weight excluding hydrogens is 811 g/mol. The molecule has 0 aromatic heterocycles. The summed E-state index contributed by atoms with van der Waals surface area (Å²) in [5, 5.41) is 2.96. The van der Waals surface area contributed by atoms with Gasteiger partial charge >= 0.3 is 17.9 Å². The number of hydrogen-bond donors (Lipinski definition) is 1. The van der Waals surface area contributed by atoms with E-state index in [0.717, 1.165) is 43.4 Å². The SMILES string of the molecule is CCCCCCCCCCCCCCCC(=O)NC[C@H](OC(C)=O)[C@H](OC(C)=O)[C@@H](CCC(C)[C@H]1CC[C@]2(C)[C@H]3CC[C@@H]4[C@@]5(C)CCCC(C)(C)[C@@H]5CC[C@@]4(C)[C@]3(C)CC[C@@H]12)OC(C)=O. The largest absolute Gasteiger partial charge is 0.458 e. The summed E-state index contributed by atoms with van der Waals surface area (Å²) in [6.07, 6.45) is 29.6. The smallest absolute Gasteiger partial charge is 0.303 e. The minimum Gasteiger partial charge on any atom is -0.458 e. The van der Waals surface area contributed by atoms with Gasteiger partial charge in [0.15, 0.2) is 12.2 Å². The molecule has 8 nitrogen and oxygen atoms in total. The maximum absolute atomic E-state index is 13.1. The van der Waals surface area contributed by atoms with Crippen molar-refractivity contribution in [1.29, 1.82) is 0 Å². The fourth-order valence-corrected chi connectivity index (χ4v) is 16.8. The Morgan fingerprint density at radius 3 is 1.65 bits per heavy atom. The van der Waals surface area contributed by atoms with Crippen molar-refractivity contribution in [3.63, 3.8) is 0 Å². The standard InChI is InChI=1S/C57H99NO7/c1-12-13-14-15-16-17-18-19-20-21-22-23-24-26-51(62)58-39-47(64-42(4)60)52(65-43(5)61)46(63-41(3)59)28-27-40(2)44-31-36-54(8)45(44)32-37-56(10)49(54)29-30-50-55(9)35-25-34-53(6,7)48(55)33-38-57(50,56)11/h40,44-50,52H,12-39H2,1-11H3,(H,58,62)/t40?,44-,45+,46-,47+,48+,49-,50-,52-,54+,55+,56-,57-/m1/s1. The van der Waals surface area contributed by atoms with Crippen LogP contribution in [0.2, 0.25) is 0 Å². The summed E-state index contributed by atoms with van der Waals surface area (Å²) in [7, 11) is 0. The average Bonchev–Trinajstić information content (AvgIpc) is 3.58. The van der Waals surface area contributed by atoms with Crippen LogP contribution in [0.4, 0.5) is 0 Å². The molecule has 374 valence electrons. The van der Waals surface area contributed by atoms with Gasteiger partial charge in [0.1, 0.15) is 6.10 Å². The third kappa shape index (κ3) is 12.6. The van der Waals surface area contributed by atoms with Crippen molar-refractivity contribution in [1.82, 2.24) is 5.32 Å². The monoisotopic (exact) mass is 910 g/mol. The summed E-state index contributed by atoms with van der Waals surface area (Å²) in [4.78, 5) is 50.9. The molecule has 0 aromatic carbocycles. The number of hydrogen-bond acceptors (Lipinski definition) is 7. The highest BCUT2D eigenvalue weighted by molar-refractivity contribution is 5.76. The lowest BCUT2D eigenvalue weighted by Gasteiger charge is -2.73. The molecule has 0 heterocycles. The van der Waals surface area contributed by atoms with Crippen LogP contribution in [-0.4, -0.2) is 48.7 Å². The van der Waals surface area contributed by atoms with Crippen LogP contribution >= 0.6 is 0 Å². The van der Waals surface area contributed by atoms with E-state index in [4.69, 9.17) is 14.2 Å². The van der Waals surface area contributed by atoms with Gasteiger partial charge in [-0.25, -0.2) is 0 Å². The molecule has 65 heavy (non-hydrogen) atoms. The maximum Gasteiger partial charge on any atom is 0.303 e.